The molecule has 1 saturated heterocycles. The zero-order valence-electron chi connectivity index (χ0n) is 18.3. The molecule has 2 aromatic carbocycles. The smallest absolute Gasteiger partial charge is 0.338 e. The first-order valence-electron chi connectivity index (χ1n) is 11.2. The number of urea groups is 1. The number of benzene rings is 2. The van der Waals surface area contributed by atoms with Crippen LogP contribution >= 0.6 is 0 Å². The number of nitrogens with one attached hydrogen (secondary N) is 2. The van der Waals surface area contributed by atoms with E-state index < -0.39 is 0 Å². The number of esters is 1. The van der Waals surface area contributed by atoms with E-state index in [0.717, 1.165) is 32.0 Å². The Morgan fingerprint density at radius 1 is 1.03 bits per heavy atom. The quantitative estimate of drug-likeness (QED) is 0.465. The minimum absolute atomic E-state index is 0.231. The van der Waals surface area contributed by atoms with Gasteiger partial charge in [0.15, 0.2) is 0 Å². The number of nitrogens with zero attached hydrogens (tertiary/aromatic N) is 1. The van der Waals surface area contributed by atoms with E-state index in [2.05, 4.69) is 45.9 Å². The lowest BCUT2D eigenvalue weighted by molar-refractivity contribution is 0.0526. The molecule has 0 aliphatic carbocycles. The number of piperidine rings is 1. The van der Waals surface area contributed by atoms with Gasteiger partial charge in [-0.3, -0.25) is 0 Å². The van der Waals surface area contributed by atoms with Crippen molar-refractivity contribution < 1.29 is 14.3 Å². The summed E-state index contributed by atoms with van der Waals surface area (Å²) in [5.41, 5.74) is 2.55. The fourth-order valence-corrected chi connectivity index (χ4v) is 3.95. The summed E-state index contributed by atoms with van der Waals surface area (Å²) >= 11 is 0. The Bertz CT molecular complexity index is 816. The molecule has 0 bridgehead atoms. The Morgan fingerprint density at radius 2 is 1.74 bits per heavy atom. The first kappa shape index (κ1) is 22.8. The molecule has 2 N–H and O–H groups in total. The van der Waals surface area contributed by atoms with Crippen molar-refractivity contribution in [3.8, 4) is 0 Å². The summed E-state index contributed by atoms with van der Waals surface area (Å²) in [6.45, 7) is 6.02. The summed E-state index contributed by atoms with van der Waals surface area (Å²) in [6.07, 6.45) is 4.59. The zero-order valence-corrected chi connectivity index (χ0v) is 18.3. The summed E-state index contributed by atoms with van der Waals surface area (Å²) in [7, 11) is 0. The summed E-state index contributed by atoms with van der Waals surface area (Å²) in [6, 6.07) is 17.2. The van der Waals surface area contributed by atoms with Gasteiger partial charge in [-0.25, -0.2) is 9.59 Å². The molecule has 0 radical (unpaired) electrons. The Balaban J connectivity index is 1.28. The summed E-state index contributed by atoms with van der Waals surface area (Å²) in [5.74, 6) is 0.417. The molecule has 0 saturated carbocycles. The summed E-state index contributed by atoms with van der Waals surface area (Å²) in [4.78, 5) is 26.2. The van der Waals surface area contributed by atoms with Gasteiger partial charge >= 0.3 is 12.0 Å². The van der Waals surface area contributed by atoms with Gasteiger partial charge in [-0.2, -0.15) is 0 Å². The number of anilines is 1. The van der Waals surface area contributed by atoms with Crippen molar-refractivity contribution in [1.82, 2.24) is 10.2 Å². The molecule has 0 unspecified atom stereocenters. The average Bonchev–Trinajstić information content (AvgIpc) is 2.79. The van der Waals surface area contributed by atoms with Crippen molar-refractivity contribution in [2.24, 2.45) is 5.92 Å². The van der Waals surface area contributed by atoms with Crippen LogP contribution < -0.4 is 10.6 Å². The lowest BCUT2D eigenvalue weighted by Crippen LogP contribution is -2.37. The van der Waals surface area contributed by atoms with Gasteiger partial charge in [-0.1, -0.05) is 30.3 Å². The van der Waals surface area contributed by atoms with Gasteiger partial charge in [-0.15, -0.1) is 0 Å². The van der Waals surface area contributed by atoms with Crippen LogP contribution in [0.15, 0.2) is 54.6 Å². The highest BCUT2D eigenvalue weighted by Crippen LogP contribution is 2.21. The van der Waals surface area contributed by atoms with Crippen molar-refractivity contribution in [3.05, 3.63) is 65.7 Å². The van der Waals surface area contributed by atoms with Gasteiger partial charge in [0.25, 0.3) is 0 Å². The minimum atomic E-state index is -0.359. The molecule has 0 spiro atoms. The number of hydrogen-bond acceptors (Lipinski definition) is 4. The molecule has 1 fully saturated rings. The van der Waals surface area contributed by atoms with Gasteiger partial charge in [-0.05, 0) is 88.0 Å². The monoisotopic (exact) mass is 423 g/mol. The highest BCUT2D eigenvalue weighted by atomic mass is 16.5. The standard InChI is InChI=1S/C25H33N3O3/c1-2-31-24(29)22-9-11-23(12-10-22)27-25(30)26-15-6-16-28-17-13-21(14-18-28)19-20-7-4-3-5-8-20/h3-5,7-12,21H,2,6,13-19H2,1H3,(H2,26,27,30). The van der Waals surface area contributed by atoms with Crippen molar-refractivity contribution in [2.75, 3.05) is 38.1 Å². The normalized spacial score (nSPS) is 14.7. The predicted octanol–water partition coefficient (Wildman–Crippen LogP) is 4.33. The third kappa shape index (κ3) is 7.72. The molecule has 166 valence electrons. The van der Waals surface area contributed by atoms with Crippen molar-refractivity contribution in [1.29, 1.82) is 0 Å². The molecule has 1 heterocycles. The molecule has 0 aromatic heterocycles. The summed E-state index contributed by atoms with van der Waals surface area (Å²) in [5, 5.41) is 5.69. The second-order valence-corrected chi connectivity index (χ2v) is 8.01. The molecular weight excluding hydrogens is 390 g/mol. The SMILES string of the molecule is CCOC(=O)c1ccc(NC(=O)NCCCN2CCC(Cc3ccccc3)CC2)cc1. The second-order valence-electron chi connectivity index (χ2n) is 8.01. The molecular formula is C25H33N3O3. The number of amides is 2. The molecule has 31 heavy (non-hydrogen) atoms. The van der Waals surface area contributed by atoms with E-state index in [1.165, 1.54) is 24.8 Å². The number of rotatable bonds is 9. The molecule has 0 atom stereocenters. The van der Waals surface area contributed by atoms with Crippen LogP contribution in [-0.4, -0.2) is 49.7 Å². The lowest BCUT2D eigenvalue weighted by atomic mass is 9.90. The number of likely N-dealkylation sites (tertiary alicyclic amines) is 1. The predicted molar refractivity (Wildman–Crippen MR) is 123 cm³/mol. The van der Waals surface area contributed by atoms with E-state index >= 15 is 0 Å². The van der Waals surface area contributed by atoms with E-state index in [1.54, 1.807) is 31.2 Å². The Labute approximate surface area is 185 Å². The zero-order chi connectivity index (χ0) is 21.9. The van der Waals surface area contributed by atoms with Crippen molar-refractivity contribution in [2.45, 2.75) is 32.6 Å². The maximum absolute atomic E-state index is 12.1. The highest BCUT2D eigenvalue weighted by Gasteiger charge is 2.19. The minimum Gasteiger partial charge on any atom is -0.462 e. The molecule has 1 aliphatic rings. The Kier molecular flexibility index (Phi) is 8.91. The number of carbonyl (C=O) groups excluding carboxylic acids is 2. The van der Waals surface area contributed by atoms with Gasteiger partial charge < -0.3 is 20.3 Å². The van der Waals surface area contributed by atoms with Crippen LogP contribution in [0, 0.1) is 5.92 Å². The average molecular weight is 424 g/mol. The van der Waals surface area contributed by atoms with E-state index in [4.69, 9.17) is 4.74 Å². The first-order valence-corrected chi connectivity index (χ1v) is 11.2. The molecule has 6 nitrogen and oxygen atoms in total. The van der Waals surface area contributed by atoms with Crippen molar-refractivity contribution >= 4 is 17.7 Å². The second kappa shape index (κ2) is 12.1. The van der Waals surface area contributed by atoms with Gasteiger partial charge in [0.2, 0.25) is 0 Å². The first-order chi connectivity index (χ1) is 15.1. The van der Waals surface area contributed by atoms with Gasteiger partial charge in [0, 0.05) is 12.2 Å². The van der Waals surface area contributed by atoms with E-state index in [9.17, 15) is 9.59 Å². The maximum Gasteiger partial charge on any atom is 0.338 e. The van der Waals surface area contributed by atoms with Crippen LogP contribution in [-0.2, 0) is 11.2 Å². The highest BCUT2D eigenvalue weighted by molar-refractivity contribution is 5.92. The molecule has 1 aliphatic heterocycles. The van der Waals surface area contributed by atoms with Crippen LogP contribution in [0.2, 0.25) is 0 Å². The van der Waals surface area contributed by atoms with Crippen LogP contribution in [0.1, 0.15) is 42.1 Å². The van der Waals surface area contributed by atoms with Crippen LogP contribution in [0.5, 0.6) is 0 Å². The molecule has 3 rings (SSSR count). The van der Waals surface area contributed by atoms with Crippen molar-refractivity contribution in [3.63, 3.8) is 0 Å². The number of ether oxygens (including phenoxy) is 1. The fraction of sp³-hybridized carbons (Fsp3) is 0.440. The van der Waals surface area contributed by atoms with Crippen LogP contribution in [0.25, 0.3) is 0 Å². The topological polar surface area (TPSA) is 70.7 Å². The molecule has 6 heteroatoms. The van der Waals surface area contributed by atoms with E-state index in [-0.39, 0.29) is 12.0 Å². The Hall–Kier alpha value is -2.86. The third-order valence-corrected chi connectivity index (χ3v) is 5.66. The van der Waals surface area contributed by atoms with Gasteiger partial charge in [0.05, 0.1) is 12.2 Å². The van der Waals surface area contributed by atoms with Crippen LogP contribution in [0.3, 0.4) is 0 Å². The lowest BCUT2D eigenvalue weighted by Gasteiger charge is -2.32. The third-order valence-electron chi connectivity index (χ3n) is 5.66. The molecule has 2 aromatic rings. The maximum atomic E-state index is 12.1. The molecule has 2 amide bonds. The largest absolute Gasteiger partial charge is 0.462 e. The summed E-state index contributed by atoms with van der Waals surface area (Å²) < 4.78 is 4.95. The van der Waals surface area contributed by atoms with E-state index in [0.29, 0.717) is 24.4 Å². The van der Waals surface area contributed by atoms with E-state index in [1.807, 2.05) is 0 Å². The number of hydrogen-bond donors (Lipinski definition) is 2. The Morgan fingerprint density at radius 3 is 2.42 bits per heavy atom. The fourth-order valence-electron chi connectivity index (χ4n) is 3.95. The number of carbonyl (C=O) groups is 2. The van der Waals surface area contributed by atoms with Crippen LogP contribution in [0.4, 0.5) is 10.5 Å². The van der Waals surface area contributed by atoms with Gasteiger partial charge in [0.1, 0.15) is 0 Å².